The third kappa shape index (κ3) is 3.14. The summed E-state index contributed by atoms with van der Waals surface area (Å²) >= 11 is 1.30. The van der Waals surface area contributed by atoms with Gasteiger partial charge in [0.05, 0.1) is 13.1 Å². The third-order valence-electron chi connectivity index (χ3n) is 3.00. The van der Waals surface area contributed by atoms with E-state index in [1.807, 2.05) is 38.1 Å². The summed E-state index contributed by atoms with van der Waals surface area (Å²) in [6, 6.07) is 7.91. The van der Waals surface area contributed by atoms with Crippen molar-refractivity contribution in [1.29, 1.82) is 0 Å². The predicted molar refractivity (Wildman–Crippen MR) is 79.5 cm³/mol. The average molecular weight is 272 g/mol. The Hall–Kier alpha value is -1.83. The molecule has 0 bridgehead atoms. The van der Waals surface area contributed by atoms with Gasteiger partial charge < -0.3 is 5.73 Å². The van der Waals surface area contributed by atoms with Gasteiger partial charge in [0.25, 0.3) is 0 Å². The summed E-state index contributed by atoms with van der Waals surface area (Å²) in [5, 5.41) is 0. The third-order valence-corrected chi connectivity index (χ3v) is 4.00. The van der Waals surface area contributed by atoms with E-state index in [0.29, 0.717) is 13.1 Å². The van der Waals surface area contributed by atoms with Gasteiger partial charge in [-0.1, -0.05) is 35.3 Å². The summed E-state index contributed by atoms with van der Waals surface area (Å²) in [5.74, 6) is 5.80. The van der Waals surface area contributed by atoms with Crippen LogP contribution in [0.5, 0.6) is 0 Å². The first kappa shape index (κ1) is 13.6. The number of aromatic nitrogens is 1. The van der Waals surface area contributed by atoms with E-state index in [4.69, 9.17) is 5.73 Å². The second-order valence-electron chi connectivity index (χ2n) is 4.30. The van der Waals surface area contributed by atoms with Crippen LogP contribution >= 0.6 is 11.3 Å². The summed E-state index contributed by atoms with van der Waals surface area (Å²) in [5.41, 5.74) is 8.42. The van der Waals surface area contributed by atoms with Gasteiger partial charge in [-0.2, -0.15) is 0 Å². The van der Waals surface area contributed by atoms with E-state index in [-0.39, 0.29) is 4.87 Å². The maximum atomic E-state index is 11.8. The van der Waals surface area contributed by atoms with Crippen LogP contribution < -0.4 is 10.6 Å². The lowest BCUT2D eigenvalue weighted by molar-refractivity contribution is 0.751. The SMILES string of the molecule is Cc1sc(=O)n(Cc2ccc(C#CCN)cc2)c1C. The van der Waals surface area contributed by atoms with Gasteiger partial charge in [-0.15, -0.1) is 0 Å². The quantitative estimate of drug-likeness (QED) is 0.849. The Morgan fingerprint density at radius 3 is 2.47 bits per heavy atom. The zero-order chi connectivity index (χ0) is 13.8. The number of hydrogen-bond acceptors (Lipinski definition) is 3. The molecule has 0 radical (unpaired) electrons. The Labute approximate surface area is 116 Å². The van der Waals surface area contributed by atoms with Crippen LogP contribution in [-0.2, 0) is 6.54 Å². The lowest BCUT2D eigenvalue weighted by Crippen LogP contribution is -2.15. The monoisotopic (exact) mass is 272 g/mol. The van der Waals surface area contributed by atoms with Crippen LogP contribution in [0, 0.1) is 25.7 Å². The molecule has 0 aliphatic heterocycles. The van der Waals surface area contributed by atoms with Crippen molar-refractivity contribution in [2.24, 2.45) is 5.73 Å². The molecule has 0 saturated carbocycles. The van der Waals surface area contributed by atoms with Crippen molar-refractivity contribution >= 4 is 11.3 Å². The highest BCUT2D eigenvalue weighted by Crippen LogP contribution is 2.12. The molecule has 2 rings (SSSR count). The lowest BCUT2D eigenvalue weighted by atomic mass is 10.1. The van der Waals surface area contributed by atoms with Crippen LogP contribution in [0.15, 0.2) is 29.1 Å². The fourth-order valence-corrected chi connectivity index (χ4v) is 2.63. The first-order valence-electron chi connectivity index (χ1n) is 6.06. The predicted octanol–water partition coefficient (Wildman–Crippen LogP) is 1.89. The molecule has 0 amide bonds. The van der Waals surface area contributed by atoms with Crippen molar-refractivity contribution in [3.63, 3.8) is 0 Å². The number of aryl methyl sites for hydroxylation is 1. The lowest BCUT2D eigenvalue weighted by Gasteiger charge is -2.05. The molecule has 2 N–H and O–H groups in total. The van der Waals surface area contributed by atoms with Gasteiger partial charge in [0.15, 0.2) is 0 Å². The van der Waals surface area contributed by atoms with Gasteiger partial charge in [-0.05, 0) is 31.5 Å². The molecule has 4 heteroatoms. The smallest absolute Gasteiger partial charge is 0.307 e. The molecule has 0 saturated heterocycles. The molecule has 0 unspecified atom stereocenters. The summed E-state index contributed by atoms with van der Waals surface area (Å²) in [7, 11) is 0. The van der Waals surface area contributed by atoms with Crippen LogP contribution in [-0.4, -0.2) is 11.1 Å². The van der Waals surface area contributed by atoms with E-state index < -0.39 is 0 Å². The van der Waals surface area contributed by atoms with E-state index in [9.17, 15) is 4.79 Å². The number of benzene rings is 1. The molecular weight excluding hydrogens is 256 g/mol. The van der Waals surface area contributed by atoms with E-state index in [2.05, 4.69) is 11.8 Å². The molecule has 1 heterocycles. The molecule has 0 fully saturated rings. The number of thiazole rings is 1. The molecule has 0 aliphatic carbocycles. The standard InChI is InChI=1S/C15H16N2OS/c1-11-12(2)19-15(18)17(11)10-14-7-5-13(6-8-14)4-3-9-16/h5-8H,9-10,16H2,1-2H3. The molecule has 3 nitrogen and oxygen atoms in total. The Morgan fingerprint density at radius 2 is 1.95 bits per heavy atom. The minimum atomic E-state index is 0.0991. The maximum absolute atomic E-state index is 11.8. The molecule has 19 heavy (non-hydrogen) atoms. The number of hydrogen-bond donors (Lipinski definition) is 1. The molecule has 1 aromatic carbocycles. The van der Waals surface area contributed by atoms with Crippen molar-refractivity contribution in [3.05, 3.63) is 55.6 Å². The first-order chi connectivity index (χ1) is 9.11. The van der Waals surface area contributed by atoms with Crippen molar-refractivity contribution < 1.29 is 0 Å². The normalized spacial score (nSPS) is 10.1. The zero-order valence-corrected chi connectivity index (χ0v) is 11.9. The van der Waals surface area contributed by atoms with Gasteiger partial charge in [-0.25, -0.2) is 0 Å². The topological polar surface area (TPSA) is 48.0 Å². The molecule has 0 aliphatic rings. The highest BCUT2D eigenvalue weighted by Gasteiger charge is 2.07. The highest BCUT2D eigenvalue weighted by atomic mass is 32.1. The molecule has 98 valence electrons. The van der Waals surface area contributed by atoms with Gasteiger partial charge in [-0.3, -0.25) is 9.36 Å². The fourth-order valence-electron chi connectivity index (χ4n) is 1.80. The Kier molecular flexibility index (Phi) is 4.20. The van der Waals surface area contributed by atoms with Crippen molar-refractivity contribution in [2.45, 2.75) is 20.4 Å². The Balaban J connectivity index is 2.22. The van der Waals surface area contributed by atoms with E-state index in [1.165, 1.54) is 11.3 Å². The second kappa shape index (κ2) is 5.87. The second-order valence-corrected chi connectivity index (χ2v) is 5.46. The summed E-state index contributed by atoms with van der Waals surface area (Å²) < 4.78 is 1.81. The van der Waals surface area contributed by atoms with Gasteiger partial charge in [0.2, 0.25) is 0 Å². The molecule has 1 aromatic heterocycles. The largest absolute Gasteiger partial charge is 0.320 e. The Bertz CT molecular complexity index is 684. The van der Waals surface area contributed by atoms with Crippen LogP contribution in [0.25, 0.3) is 0 Å². The minimum Gasteiger partial charge on any atom is -0.320 e. The number of nitrogens with zero attached hydrogens (tertiary/aromatic N) is 1. The van der Waals surface area contributed by atoms with Gasteiger partial charge in [0, 0.05) is 16.1 Å². The number of rotatable bonds is 2. The van der Waals surface area contributed by atoms with Crippen LogP contribution in [0.1, 0.15) is 21.7 Å². The molecule has 2 aromatic rings. The summed E-state index contributed by atoms with van der Waals surface area (Å²) in [4.78, 5) is 13.0. The van der Waals surface area contributed by atoms with E-state index in [0.717, 1.165) is 21.7 Å². The number of nitrogens with two attached hydrogens (primary N) is 1. The highest BCUT2D eigenvalue weighted by molar-refractivity contribution is 7.09. The van der Waals surface area contributed by atoms with Crippen molar-refractivity contribution in [2.75, 3.05) is 6.54 Å². The fraction of sp³-hybridized carbons (Fsp3) is 0.267. The first-order valence-corrected chi connectivity index (χ1v) is 6.88. The van der Waals surface area contributed by atoms with Crippen molar-refractivity contribution in [1.82, 2.24) is 4.57 Å². The van der Waals surface area contributed by atoms with E-state index >= 15 is 0 Å². The summed E-state index contributed by atoms with van der Waals surface area (Å²) in [6.07, 6.45) is 0. The van der Waals surface area contributed by atoms with Crippen molar-refractivity contribution in [3.8, 4) is 11.8 Å². The van der Waals surface area contributed by atoms with Crippen LogP contribution in [0.2, 0.25) is 0 Å². The minimum absolute atomic E-state index is 0.0991. The van der Waals surface area contributed by atoms with Gasteiger partial charge in [0.1, 0.15) is 0 Å². The maximum Gasteiger partial charge on any atom is 0.307 e. The van der Waals surface area contributed by atoms with E-state index in [1.54, 1.807) is 4.57 Å². The van der Waals surface area contributed by atoms with Crippen LogP contribution in [0.3, 0.4) is 0 Å². The van der Waals surface area contributed by atoms with Gasteiger partial charge >= 0.3 is 4.87 Å². The molecule has 0 spiro atoms. The average Bonchev–Trinajstić information content (AvgIpc) is 2.64. The molecular formula is C15H16N2OS. The zero-order valence-electron chi connectivity index (χ0n) is 11.1. The van der Waals surface area contributed by atoms with Crippen LogP contribution in [0.4, 0.5) is 0 Å². The molecule has 0 atom stereocenters. The Morgan fingerprint density at radius 1 is 1.26 bits per heavy atom. The summed E-state index contributed by atoms with van der Waals surface area (Å²) in [6.45, 7) is 4.93.